The third-order valence-electron chi connectivity index (χ3n) is 1.82. The van der Waals surface area contributed by atoms with Crippen molar-refractivity contribution < 1.29 is 4.79 Å². The van der Waals surface area contributed by atoms with E-state index >= 15 is 0 Å². The van der Waals surface area contributed by atoms with Crippen LogP contribution in [0.1, 0.15) is 19.4 Å². The molecular formula is C10H13BrN2O. The number of rotatable bonds is 3. The van der Waals surface area contributed by atoms with Crippen LogP contribution in [-0.2, 0) is 11.2 Å². The first kappa shape index (κ1) is 11.0. The van der Waals surface area contributed by atoms with Gasteiger partial charge in [-0.3, -0.25) is 15.6 Å². The molecule has 3 nitrogen and oxygen atoms in total. The molecule has 4 heteroatoms. The smallest absolute Gasteiger partial charge is 0.235 e. The molecule has 0 unspecified atom stereocenters. The topological polar surface area (TPSA) is 41.1 Å². The van der Waals surface area contributed by atoms with Gasteiger partial charge in [0.2, 0.25) is 5.91 Å². The molecule has 0 aliphatic rings. The van der Waals surface area contributed by atoms with Crippen molar-refractivity contribution in [2.75, 3.05) is 5.43 Å². The maximum absolute atomic E-state index is 10.7. The van der Waals surface area contributed by atoms with Gasteiger partial charge in [-0.25, -0.2) is 0 Å². The quantitative estimate of drug-likeness (QED) is 0.817. The minimum absolute atomic E-state index is 0.102. The Labute approximate surface area is 92.0 Å². The highest BCUT2D eigenvalue weighted by Gasteiger charge is 2.00. The number of benzene rings is 1. The summed E-state index contributed by atoms with van der Waals surface area (Å²) >= 11 is 3.40. The average Bonchev–Trinajstić information content (AvgIpc) is 2.15. The van der Waals surface area contributed by atoms with Gasteiger partial charge in [-0.05, 0) is 30.2 Å². The number of carbonyl (C=O) groups is 1. The first-order chi connectivity index (χ1) is 6.63. The van der Waals surface area contributed by atoms with Gasteiger partial charge in [-0.15, -0.1) is 0 Å². The lowest BCUT2D eigenvalue weighted by Crippen LogP contribution is -2.27. The summed E-state index contributed by atoms with van der Waals surface area (Å²) in [6.07, 6.45) is 0.918. The molecule has 1 aromatic rings. The van der Waals surface area contributed by atoms with Crippen LogP contribution in [0.2, 0.25) is 0 Å². The molecule has 0 saturated heterocycles. The Kier molecular flexibility index (Phi) is 3.95. The van der Waals surface area contributed by atoms with E-state index in [1.54, 1.807) is 0 Å². The fourth-order valence-corrected chi connectivity index (χ4v) is 1.54. The molecule has 1 amide bonds. The number of hydrogen-bond donors (Lipinski definition) is 2. The average molecular weight is 257 g/mol. The predicted octanol–water partition coefficient (Wildman–Crippen LogP) is 2.47. The number of nitrogens with one attached hydrogen (secondary N) is 2. The van der Waals surface area contributed by atoms with E-state index in [4.69, 9.17) is 0 Å². The number of aryl methyl sites for hydroxylation is 1. The zero-order valence-corrected chi connectivity index (χ0v) is 9.81. The third-order valence-corrected chi connectivity index (χ3v) is 2.31. The van der Waals surface area contributed by atoms with Crippen molar-refractivity contribution in [3.8, 4) is 0 Å². The molecule has 0 aliphatic carbocycles. The number of anilines is 1. The monoisotopic (exact) mass is 256 g/mol. The molecule has 76 valence electrons. The van der Waals surface area contributed by atoms with E-state index in [1.807, 2.05) is 18.2 Å². The maximum Gasteiger partial charge on any atom is 0.235 e. The van der Waals surface area contributed by atoms with Crippen molar-refractivity contribution in [1.82, 2.24) is 5.43 Å². The van der Waals surface area contributed by atoms with Gasteiger partial charge in [-0.1, -0.05) is 22.9 Å². The maximum atomic E-state index is 10.7. The molecule has 1 aromatic carbocycles. The van der Waals surface area contributed by atoms with E-state index in [9.17, 15) is 4.79 Å². The minimum Gasteiger partial charge on any atom is -0.298 e. The standard InChI is InChI=1S/C10H13BrN2O/c1-3-8-6-9(11)4-5-10(8)13-12-7(2)14/h4-6,13H,3H2,1-2H3,(H,12,14). The molecule has 0 aliphatic heterocycles. The van der Waals surface area contributed by atoms with Crippen LogP contribution in [0.15, 0.2) is 22.7 Å². The summed E-state index contributed by atoms with van der Waals surface area (Å²) in [4.78, 5) is 10.7. The van der Waals surface area contributed by atoms with Crippen LogP contribution in [-0.4, -0.2) is 5.91 Å². The number of hydrogen-bond acceptors (Lipinski definition) is 2. The summed E-state index contributed by atoms with van der Waals surface area (Å²) < 4.78 is 1.04. The summed E-state index contributed by atoms with van der Waals surface area (Å²) in [6.45, 7) is 3.54. The highest BCUT2D eigenvalue weighted by atomic mass is 79.9. The first-order valence-electron chi connectivity index (χ1n) is 4.44. The Balaban J connectivity index is 2.80. The van der Waals surface area contributed by atoms with Gasteiger partial charge in [0.05, 0.1) is 5.69 Å². The molecule has 0 aromatic heterocycles. The van der Waals surface area contributed by atoms with E-state index in [-0.39, 0.29) is 5.91 Å². The molecule has 0 fully saturated rings. The van der Waals surface area contributed by atoms with Crippen LogP contribution in [0.3, 0.4) is 0 Å². The summed E-state index contributed by atoms with van der Waals surface area (Å²) in [5.41, 5.74) is 7.52. The minimum atomic E-state index is -0.102. The molecule has 0 atom stereocenters. The highest BCUT2D eigenvalue weighted by Crippen LogP contribution is 2.20. The number of hydrazine groups is 1. The number of carbonyl (C=O) groups excluding carboxylic acids is 1. The van der Waals surface area contributed by atoms with E-state index < -0.39 is 0 Å². The van der Waals surface area contributed by atoms with E-state index in [1.165, 1.54) is 6.92 Å². The fourth-order valence-electron chi connectivity index (χ4n) is 1.13. The van der Waals surface area contributed by atoms with Crippen LogP contribution in [0, 0.1) is 0 Å². The lowest BCUT2D eigenvalue weighted by Gasteiger charge is -2.11. The summed E-state index contributed by atoms with van der Waals surface area (Å²) in [6, 6.07) is 5.90. The Morgan fingerprint density at radius 2 is 2.21 bits per heavy atom. The van der Waals surface area contributed by atoms with Crippen LogP contribution < -0.4 is 10.9 Å². The van der Waals surface area contributed by atoms with Crippen molar-refractivity contribution in [2.45, 2.75) is 20.3 Å². The largest absolute Gasteiger partial charge is 0.298 e. The second kappa shape index (κ2) is 5.00. The Morgan fingerprint density at radius 3 is 2.79 bits per heavy atom. The van der Waals surface area contributed by atoms with Gasteiger partial charge in [0.15, 0.2) is 0 Å². The predicted molar refractivity (Wildman–Crippen MR) is 61.0 cm³/mol. The van der Waals surface area contributed by atoms with Crippen molar-refractivity contribution in [3.05, 3.63) is 28.2 Å². The molecule has 1 rings (SSSR count). The van der Waals surface area contributed by atoms with Gasteiger partial charge in [-0.2, -0.15) is 0 Å². The molecular weight excluding hydrogens is 244 g/mol. The molecule has 0 radical (unpaired) electrons. The van der Waals surface area contributed by atoms with E-state index in [0.29, 0.717) is 0 Å². The van der Waals surface area contributed by atoms with Gasteiger partial charge < -0.3 is 0 Å². The molecule has 14 heavy (non-hydrogen) atoms. The molecule has 0 heterocycles. The SMILES string of the molecule is CCc1cc(Br)ccc1NNC(C)=O. The van der Waals surface area contributed by atoms with E-state index in [2.05, 4.69) is 33.7 Å². The van der Waals surface area contributed by atoms with Crippen LogP contribution in [0.5, 0.6) is 0 Å². The van der Waals surface area contributed by atoms with Gasteiger partial charge >= 0.3 is 0 Å². The van der Waals surface area contributed by atoms with Crippen molar-refractivity contribution in [1.29, 1.82) is 0 Å². The molecule has 2 N–H and O–H groups in total. The normalized spacial score (nSPS) is 9.64. The van der Waals surface area contributed by atoms with Crippen LogP contribution in [0.25, 0.3) is 0 Å². The lowest BCUT2D eigenvalue weighted by atomic mass is 10.1. The summed E-state index contributed by atoms with van der Waals surface area (Å²) in [5, 5.41) is 0. The number of amides is 1. The Hall–Kier alpha value is -1.03. The van der Waals surface area contributed by atoms with Crippen molar-refractivity contribution in [2.24, 2.45) is 0 Å². The Bertz CT molecular complexity index is 339. The van der Waals surface area contributed by atoms with Gasteiger partial charge in [0.1, 0.15) is 0 Å². The lowest BCUT2D eigenvalue weighted by molar-refractivity contribution is -0.118. The first-order valence-corrected chi connectivity index (χ1v) is 5.23. The highest BCUT2D eigenvalue weighted by molar-refractivity contribution is 9.10. The molecule has 0 saturated carbocycles. The summed E-state index contributed by atoms with van der Waals surface area (Å²) in [5.74, 6) is -0.102. The fraction of sp³-hybridized carbons (Fsp3) is 0.300. The number of halogens is 1. The van der Waals surface area contributed by atoms with Gasteiger partial charge in [0, 0.05) is 11.4 Å². The van der Waals surface area contributed by atoms with Crippen molar-refractivity contribution in [3.63, 3.8) is 0 Å². The van der Waals surface area contributed by atoms with Crippen LogP contribution >= 0.6 is 15.9 Å². The second-order valence-corrected chi connectivity index (χ2v) is 3.88. The van der Waals surface area contributed by atoms with Crippen LogP contribution in [0.4, 0.5) is 5.69 Å². The Morgan fingerprint density at radius 1 is 1.50 bits per heavy atom. The summed E-state index contributed by atoms with van der Waals surface area (Å²) in [7, 11) is 0. The molecule has 0 bridgehead atoms. The van der Waals surface area contributed by atoms with Gasteiger partial charge in [0.25, 0.3) is 0 Å². The van der Waals surface area contributed by atoms with Crippen molar-refractivity contribution >= 4 is 27.5 Å². The zero-order chi connectivity index (χ0) is 10.6. The van der Waals surface area contributed by atoms with E-state index in [0.717, 1.165) is 22.1 Å². The third kappa shape index (κ3) is 3.03. The second-order valence-electron chi connectivity index (χ2n) is 2.96. The zero-order valence-electron chi connectivity index (χ0n) is 8.23. The molecule has 0 spiro atoms.